The van der Waals surface area contributed by atoms with Gasteiger partial charge in [0.1, 0.15) is 0 Å². The third-order valence-corrected chi connectivity index (χ3v) is 2.03. The summed E-state index contributed by atoms with van der Waals surface area (Å²) >= 11 is 0. The molecule has 0 fully saturated rings. The predicted octanol–water partition coefficient (Wildman–Crippen LogP) is 0.420. The second-order valence-electron chi connectivity index (χ2n) is 3.46. The molecular formula is C11H25NO4. The SMILES string of the molecule is CCC(N)COCCOCCOCCOC. The second kappa shape index (κ2) is 12.9. The van der Waals surface area contributed by atoms with Gasteiger partial charge in [0.2, 0.25) is 0 Å². The molecule has 0 aromatic carbocycles. The van der Waals surface area contributed by atoms with Crippen molar-refractivity contribution in [3.63, 3.8) is 0 Å². The van der Waals surface area contributed by atoms with Crippen LogP contribution < -0.4 is 5.73 Å². The van der Waals surface area contributed by atoms with Crippen molar-refractivity contribution in [2.24, 2.45) is 5.73 Å². The Labute approximate surface area is 98.2 Å². The van der Waals surface area contributed by atoms with Gasteiger partial charge < -0.3 is 24.7 Å². The van der Waals surface area contributed by atoms with Crippen LogP contribution in [0.15, 0.2) is 0 Å². The van der Waals surface area contributed by atoms with Crippen molar-refractivity contribution in [2.45, 2.75) is 19.4 Å². The first-order valence-electron chi connectivity index (χ1n) is 5.79. The van der Waals surface area contributed by atoms with Crippen molar-refractivity contribution in [1.82, 2.24) is 0 Å². The first kappa shape index (κ1) is 15.8. The molecule has 0 spiro atoms. The molecule has 1 atom stereocenters. The molecule has 0 heterocycles. The van der Waals surface area contributed by atoms with Gasteiger partial charge in [-0.1, -0.05) is 6.92 Å². The largest absolute Gasteiger partial charge is 0.382 e. The Hall–Kier alpha value is -0.200. The molecule has 2 N–H and O–H groups in total. The van der Waals surface area contributed by atoms with Crippen molar-refractivity contribution in [2.75, 3.05) is 53.4 Å². The van der Waals surface area contributed by atoms with Crippen LogP contribution in [-0.2, 0) is 18.9 Å². The number of methoxy groups -OCH3 is 1. The molecule has 0 saturated carbocycles. The molecule has 0 aromatic rings. The van der Waals surface area contributed by atoms with E-state index in [1.165, 1.54) is 0 Å². The molecule has 0 aliphatic heterocycles. The van der Waals surface area contributed by atoms with Crippen LogP contribution in [0.4, 0.5) is 0 Å². The number of rotatable bonds is 12. The minimum atomic E-state index is 0.136. The first-order valence-corrected chi connectivity index (χ1v) is 5.79. The highest BCUT2D eigenvalue weighted by Gasteiger charge is 1.97. The van der Waals surface area contributed by atoms with E-state index in [1.54, 1.807) is 7.11 Å². The van der Waals surface area contributed by atoms with Gasteiger partial charge in [-0.15, -0.1) is 0 Å². The van der Waals surface area contributed by atoms with Crippen molar-refractivity contribution in [3.05, 3.63) is 0 Å². The molecule has 0 radical (unpaired) electrons. The Morgan fingerprint density at radius 1 is 0.875 bits per heavy atom. The smallest absolute Gasteiger partial charge is 0.0701 e. The highest BCUT2D eigenvalue weighted by Crippen LogP contribution is 1.87. The van der Waals surface area contributed by atoms with E-state index < -0.39 is 0 Å². The fourth-order valence-corrected chi connectivity index (χ4v) is 0.935. The van der Waals surface area contributed by atoms with Crippen LogP contribution in [0.3, 0.4) is 0 Å². The molecule has 0 aromatic heterocycles. The highest BCUT2D eigenvalue weighted by molar-refractivity contribution is 4.54. The van der Waals surface area contributed by atoms with Gasteiger partial charge in [-0.3, -0.25) is 0 Å². The lowest BCUT2D eigenvalue weighted by Crippen LogP contribution is -2.26. The maximum atomic E-state index is 5.68. The lowest BCUT2D eigenvalue weighted by atomic mass is 10.3. The van der Waals surface area contributed by atoms with Crippen LogP contribution in [0.2, 0.25) is 0 Å². The molecule has 5 heteroatoms. The quantitative estimate of drug-likeness (QED) is 0.497. The number of hydrogen-bond donors (Lipinski definition) is 1. The maximum Gasteiger partial charge on any atom is 0.0701 e. The maximum absolute atomic E-state index is 5.68. The summed E-state index contributed by atoms with van der Waals surface area (Å²) in [6.45, 7) is 6.24. The fourth-order valence-electron chi connectivity index (χ4n) is 0.935. The van der Waals surface area contributed by atoms with Gasteiger partial charge in [-0.25, -0.2) is 0 Å². The average Bonchev–Trinajstić information content (AvgIpc) is 2.31. The van der Waals surface area contributed by atoms with Crippen molar-refractivity contribution in [1.29, 1.82) is 0 Å². The standard InChI is InChI=1S/C11H25NO4/c1-3-11(12)10-16-9-8-15-7-6-14-5-4-13-2/h11H,3-10,12H2,1-2H3. The van der Waals surface area contributed by atoms with Gasteiger partial charge in [0.15, 0.2) is 0 Å². The Kier molecular flexibility index (Phi) is 12.7. The van der Waals surface area contributed by atoms with E-state index in [4.69, 9.17) is 24.7 Å². The molecule has 98 valence electrons. The van der Waals surface area contributed by atoms with E-state index in [1.807, 2.05) is 6.92 Å². The van der Waals surface area contributed by atoms with Gasteiger partial charge >= 0.3 is 0 Å². The molecule has 1 unspecified atom stereocenters. The van der Waals surface area contributed by atoms with Crippen LogP contribution >= 0.6 is 0 Å². The Bertz CT molecular complexity index is 135. The normalized spacial score (nSPS) is 12.9. The number of nitrogens with two attached hydrogens (primary N) is 1. The fraction of sp³-hybridized carbons (Fsp3) is 1.00. The minimum absolute atomic E-state index is 0.136. The Morgan fingerprint density at radius 3 is 1.88 bits per heavy atom. The molecule has 0 bridgehead atoms. The van der Waals surface area contributed by atoms with Crippen LogP contribution in [0.5, 0.6) is 0 Å². The zero-order valence-corrected chi connectivity index (χ0v) is 10.4. The Balaban J connectivity index is 2.93. The van der Waals surface area contributed by atoms with E-state index in [-0.39, 0.29) is 6.04 Å². The van der Waals surface area contributed by atoms with E-state index >= 15 is 0 Å². The summed E-state index contributed by atoms with van der Waals surface area (Å²) in [5.41, 5.74) is 5.68. The molecule has 0 aliphatic rings. The van der Waals surface area contributed by atoms with Gasteiger partial charge in [0.05, 0.1) is 46.2 Å². The number of ether oxygens (including phenoxy) is 4. The molecule has 5 nitrogen and oxygen atoms in total. The molecule has 0 aliphatic carbocycles. The van der Waals surface area contributed by atoms with E-state index in [9.17, 15) is 0 Å². The summed E-state index contributed by atoms with van der Waals surface area (Å²) in [6.07, 6.45) is 0.939. The van der Waals surface area contributed by atoms with Crippen molar-refractivity contribution >= 4 is 0 Å². The first-order chi connectivity index (χ1) is 7.81. The van der Waals surface area contributed by atoms with Gasteiger partial charge in [-0.2, -0.15) is 0 Å². The molecule has 0 saturated heterocycles. The minimum Gasteiger partial charge on any atom is -0.382 e. The third kappa shape index (κ3) is 11.9. The monoisotopic (exact) mass is 235 g/mol. The summed E-state index contributed by atoms with van der Waals surface area (Å²) in [4.78, 5) is 0. The van der Waals surface area contributed by atoms with Crippen molar-refractivity contribution in [3.8, 4) is 0 Å². The predicted molar refractivity (Wildman–Crippen MR) is 62.6 cm³/mol. The van der Waals surface area contributed by atoms with Gasteiger partial charge in [-0.05, 0) is 6.42 Å². The summed E-state index contributed by atoms with van der Waals surface area (Å²) in [5.74, 6) is 0. The summed E-state index contributed by atoms with van der Waals surface area (Å²) in [7, 11) is 1.65. The van der Waals surface area contributed by atoms with Crippen LogP contribution in [0.1, 0.15) is 13.3 Å². The van der Waals surface area contributed by atoms with Gasteiger partial charge in [0.25, 0.3) is 0 Å². The van der Waals surface area contributed by atoms with E-state index in [2.05, 4.69) is 0 Å². The molecule has 0 rings (SSSR count). The summed E-state index contributed by atoms with van der Waals surface area (Å²) in [6, 6.07) is 0.136. The number of hydrogen-bond acceptors (Lipinski definition) is 5. The zero-order chi connectivity index (χ0) is 12.1. The zero-order valence-electron chi connectivity index (χ0n) is 10.4. The second-order valence-corrected chi connectivity index (χ2v) is 3.46. The third-order valence-electron chi connectivity index (χ3n) is 2.03. The molecule has 0 amide bonds. The summed E-state index contributed by atoms with van der Waals surface area (Å²) < 4.78 is 20.7. The van der Waals surface area contributed by atoms with E-state index in [0.717, 1.165) is 6.42 Å². The Morgan fingerprint density at radius 2 is 1.38 bits per heavy atom. The molecular weight excluding hydrogens is 210 g/mol. The lowest BCUT2D eigenvalue weighted by molar-refractivity contribution is 0.00193. The van der Waals surface area contributed by atoms with Crippen LogP contribution in [-0.4, -0.2) is 59.4 Å². The lowest BCUT2D eigenvalue weighted by Gasteiger charge is -2.09. The summed E-state index contributed by atoms with van der Waals surface area (Å²) in [5, 5.41) is 0. The molecule has 16 heavy (non-hydrogen) atoms. The highest BCUT2D eigenvalue weighted by atomic mass is 16.6. The van der Waals surface area contributed by atoms with Crippen LogP contribution in [0, 0.1) is 0 Å². The van der Waals surface area contributed by atoms with Gasteiger partial charge in [0, 0.05) is 13.2 Å². The van der Waals surface area contributed by atoms with Crippen molar-refractivity contribution < 1.29 is 18.9 Å². The van der Waals surface area contributed by atoms with Crippen LogP contribution in [0.25, 0.3) is 0 Å². The topological polar surface area (TPSA) is 62.9 Å². The van der Waals surface area contributed by atoms with E-state index in [0.29, 0.717) is 46.2 Å². The average molecular weight is 235 g/mol.